The predicted molar refractivity (Wildman–Crippen MR) is 108 cm³/mol. The van der Waals surface area contributed by atoms with E-state index in [-0.39, 0.29) is 36.7 Å². The number of benzene rings is 1. The van der Waals surface area contributed by atoms with Crippen LogP contribution in [0.15, 0.2) is 24.3 Å². The van der Waals surface area contributed by atoms with Gasteiger partial charge in [-0.05, 0) is 45.0 Å². The summed E-state index contributed by atoms with van der Waals surface area (Å²) in [5, 5.41) is 0. The van der Waals surface area contributed by atoms with Crippen LogP contribution in [0.4, 0.5) is 0 Å². The lowest BCUT2D eigenvalue weighted by molar-refractivity contribution is -0.914. The normalized spacial score (nSPS) is 21.3. The van der Waals surface area contributed by atoms with Gasteiger partial charge < -0.3 is 14.4 Å². The zero-order chi connectivity index (χ0) is 21.2. The Hall–Kier alpha value is -2.45. The number of nitrogens with one attached hydrogen (secondary N) is 3. The van der Waals surface area contributed by atoms with Crippen LogP contribution in [0, 0.1) is 0 Å². The zero-order valence-corrected chi connectivity index (χ0v) is 17.5. The molecule has 1 fully saturated rings. The van der Waals surface area contributed by atoms with Gasteiger partial charge in [0.15, 0.2) is 5.78 Å². The Morgan fingerprint density at radius 2 is 1.59 bits per heavy atom. The summed E-state index contributed by atoms with van der Waals surface area (Å²) in [5.41, 5.74) is 5.32. The molecule has 3 atom stereocenters. The number of ether oxygens (including phenoxy) is 2. The average Bonchev–Trinajstić information content (AvgIpc) is 2.69. The van der Waals surface area contributed by atoms with E-state index in [0.29, 0.717) is 30.9 Å². The van der Waals surface area contributed by atoms with Crippen LogP contribution in [-0.4, -0.2) is 56.0 Å². The maximum atomic E-state index is 12.2. The van der Waals surface area contributed by atoms with Gasteiger partial charge in [0, 0.05) is 18.4 Å². The summed E-state index contributed by atoms with van der Waals surface area (Å²) in [4.78, 5) is 37.3. The van der Waals surface area contributed by atoms with Crippen LogP contribution in [0.1, 0.15) is 50.4 Å². The van der Waals surface area contributed by atoms with Gasteiger partial charge in [0.2, 0.25) is 11.8 Å². The van der Waals surface area contributed by atoms with E-state index in [1.54, 1.807) is 24.3 Å². The fraction of sp³-hybridized carbons (Fsp3) is 0.571. The third-order valence-electron chi connectivity index (χ3n) is 4.73. The Bertz CT molecular complexity index is 682. The average molecular weight is 407 g/mol. The number of Topliss-reactive ketones (excluding diaryl/α,β-unsaturated/α-hetero) is 1. The Balaban J connectivity index is 1.63. The number of quaternary nitrogens is 1. The van der Waals surface area contributed by atoms with Gasteiger partial charge in [0.1, 0.15) is 31.0 Å². The molecule has 8 heteroatoms. The first-order valence-electron chi connectivity index (χ1n) is 10.2. The molecule has 1 aliphatic heterocycles. The van der Waals surface area contributed by atoms with E-state index in [0.717, 1.165) is 13.1 Å². The van der Waals surface area contributed by atoms with E-state index in [1.165, 1.54) is 4.90 Å². The highest BCUT2D eigenvalue weighted by Gasteiger charge is 2.25. The van der Waals surface area contributed by atoms with Gasteiger partial charge in [-0.3, -0.25) is 25.2 Å². The van der Waals surface area contributed by atoms with E-state index in [2.05, 4.69) is 10.9 Å². The summed E-state index contributed by atoms with van der Waals surface area (Å²) in [7, 11) is 0. The molecule has 0 saturated carbocycles. The zero-order valence-electron chi connectivity index (χ0n) is 17.5. The number of amides is 2. The number of carbonyl (C=O) groups excluding carboxylic acids is 3. The number of hydrogen-bond donors (Lipinski definition) is 3. The van der Waals surface area contributed by atoms with Crippen LogP contribution in [0.2, 0.25) is 0 Å². The summed E-state index contributed by atoms with van der Waals surface area (Å²) < 4.78 is 11.0. The molecule has 2 amide bonds. The minimum absolute atomic E-state index is 0.00999. The van der Waals surface area contributed by atoms with Crippen LogP contribution in [0.5, 0.6) is 5.75 Å². The smallest absolute Gasteiger partial charge is 0.244 e. The number of carbonyl (C=O) groups is 3. The molecular weight excluding hydrogens is 374 g/mol. The standard InChI is InChI=1S/C21H31N3O5/c1-4-28-18-7-5-17(6-8-18)19(25)9-10-20(26)22-23-21(27)11-12-24-13-15(2)29-16(3)14-24/h5-8,15-16H,4,9-14H2,1-3H3,(H,22,26)(H,23,27)/p+1/t15-,16+. The fourth-order valence-corrected chi connectivity index (χ4v) is 3.42. The first kappa shape index (κ1) is 22.8. The van der Waals surface area contributed by atoms with Crippen molar-refractivity contribution < 1.29 is 28.8 Å². The van der Waals surface area contributed by atoms with E-state index in [4.69, 9.17) is 9.47 Å². The lowest BCUT2D eigenvalue weighted by Gasteiger charge is -2.32. The van der Waals surface area contributed by atoms with Gasteiger partial charge in [-0.15, -0.1) is 0 Å². The number of hydrogen-bond acceptors (Lipinski definition) is 5. The van der Waals surface area contributed by atoms with Crippen molar-refractivity contribution in [3.63, 3.8) is 0 Å². The molecule has 160 valence electrons. The third-order valence-corrected chi connectivity index (χ3v) is 4.73. The van der Waals surface area contributed by atoms with Crippen molar-refractivity contribution in [1.29, 1.82) is 0 Å². The van der Waals surface area contributed by atoms with Gasteiger partial charge in [-0.25, -0.2) is 0 Å². The maximum absolute atomic E-state index is 12.2. The summed E-state index contributed by atoms with van der Waals surface area (Å²) in [6, 6.07) is 6.83. The van der Waals surface area contributed by atoms with Gasteiger partial charge in [-0.2, -0.15) is 0 Å². The molecule has 1 saturated heterocycles. The Morgan fingerprint density at radius 1 is 1.00 bits per heavy atom. The van der Waals surface area contributed by atoms with Crippen molar-refractivity contribution in [2.24, 2.45) is 0 Å². The van der Waals surface area contributed by atoms with E-state index < -0.39 is 5.91 Å². The largest absolute Gasteiger partial charge is 0.494 e. The minimum Gasteiger partial charge on any atom is -0.494 e. The van der Waals surface area contributed by atoms with Crippen molar-refractivity contribution in [2.45, 2.75) is 52.2 Å². The minimum atomic E-state index is -0.390. The molecule has 1 aromatic carbocycles. The van der Waals surface area contributed by atoms with Crippen molar-refractivity contribution >= 4 is 17.6 Å². The highest BCUT2D eigenvalue weighted by Crippen LogP contribution is 2.14. The Kier molecular flexibility index (Phi) is 9.08. The highest BCUT2D eigenvalue weighted by molar-refractivity contribution is 5.98. The summed E-state index contributed by atoms with van der Waals surface area (Å²) in [5.74, 6) is -0.0601. The second kappa shape index (κ2) is 11.5. The third kappa shape index (κ3) is 8.21. The lowest BCUT2D eigenvalue weighted by Crippen LogP contribution is -3.15. The molecule has 1 aliphatic rings. The van der Waals surface area contributed by atoms with Gasteiger partial charge in [-0.1, -0.05) is 0 Å². The molecule has 29 heavy (non-hydrogen) atoms. The first-order chi connectivity index (χ1) is 13.9. The lowest BCUT2D eigenvalue weighted by atomic mass is 10.1. The van der Waals surface area contributed by atoms with Crippen molar-refractivity contribution in [1.82, 2.24) is 10.9 Å². The molecule has 1 aromatic rings. The predicted octanol–water partition coefficient (Wildman–Crippen LogP) is 0.278. The van der Waals surface area contributed by atoms with Crippen molar-refractivity contribution in [2.75, 3.05) is 26.2 Å². The topological polar surface area (TPSA) is 98.2 Å². The monoisotopic (exact) mass is 406 g/mol. The van der Waals surface area contributed by atoms with Crippen LogP contribution in [-0.2, 0) is 14.3 Å². The van der Waals surface area contributed by atoms with E-state index in [1.807, 2.05) is 20.8 Å². The molecule has 0 spiro atoms. The Morgan fingerprint density at radius 3 is 2.17 bits per heavy atom. The molecule has 0 aliphatic carbocycles. The number of morpholine rings is 1. The fourth-order valence-electron chi connectivity index (χ4n) is 3.42. The Labute approximate surface area is 171 Å². The SMILES string of the molecule is CCOc1ccc(C(=O)CCC(=O)NNC(=O)CC[NH+]2C[C@@H](C)O[C@@H](C)C2)cc1. The number of hydrazine groups is 1. The van der Waals surface area contributed by atoms with Crippen LogP contribution >= 0.6 is 0 Å². The van der Waals surface area contributed by atoms with Crippen LogP contribution < -0.4 is 20.5 Å². The van der Waals surface area contributed by atoms with Gasteiger partial charge >= 0.3 is 0 Å². The number of rotatable bonds is 9. The van der Waals surface area contributed by atoms with Crippen molar-refractivity contribution in [3.8, 4) is 5.75 Å². The van der Waals surface area contributed by atoms with Gasteiger partial charge in [0.25, 0.3) is 0 Å². The maximum Gasteiger partial charge on any atom is 0.244 e. The molecule has 8 nitrogen and oxygen atoms in total. The van der Waals surface area contributed by atoms with E-state index >= 15 is 0 Å². The second-order valence-electron chi connectivity index (χ2n) is 7.39. The number of ketones is 1. The van der Waals surface area contributed by atoms with Crippen LogP contribution in [0.3, 0.4) is 0 Å². The molecule has 1 heterocycles. The molecule has 0 aromatic heterocycles. The highest BCUT2D eigenvalue weighted by atomic mass is 16.5. The van der Waals surface area contributed by atoms with E-state index in [9.17, 15) is 14.4 Å². The van der Waals surface area contributed by atoms with Crippen LogP contribution in [0.25, 0.3) is 0 Å². The van der Waals surface area contributed by atoms with Gasteiger partial charge in [0.05, 0.1) is 19.6 Å². The molecule has 2 rings (SSSR count). The molecule has 0 radical (unpaired) electrons. The summed E-state index contributed by atoms with van der Waals surface area (Å²) in [6.07, 6.45) is 0.772. The molecular formula is C21H32N3O5+. The van der Waals surface area contributed by atoms with Crippen molar-refractivity contribution in [3.05, 3.63) is 29.8 Å². The second-order valence-corrected chi connectivity index (χ2v) is 7.39. The summed E-state index contributed by atoms with van der Waals surface area (Å²) in [6.45, 7) is 8.95. The molecule has 3 N–H and O–H groups in total. The summed E-state index contributed by atoms with van der Waals surface area (Å²) >= 11 is 0. The first-order valence-corrected chi connectivity index (χ1v) is 10.2. The molecule has 1 unspecified atom stereocenters. The quantitative estimate of drug-likeness (QED) is 0.404. The molecule has 0 bridgehead atoms.